The van der Waals surface area contributed by atoms with Gasteiger partial charge in [-0.2, -0.15) is 20.5 Å². The molecule has 0 radical (unpaired) electrons. The number of aliphatic hydroxyl groups is 1. The van der Waals surface area contributed by atoms with Crippen LogP contribution in [0.3, 0.4) is 0 Å². The summed E-state index contributed by atoms with van der Waals surface area (Å²) < 4.78 is 28.2. The molecule has 0 aliphatic carbocycles. The molecule has 0 unspecified atom stereocenters. The summed E-state index contributed by atoms with van der Waals surface area (Å²) in [4.78, 5) is 0. The molecule has 1 aromatic rings. The summed E-state index contributed by atoms with van der Waals surface area (Å²) >= 11 is 1.80. The van der Waals surface area contributed by atoms with Gasteiger partial charge in [0.2, 0.25) is 0 Å². The molecular weight excluding hydrogens is 272 g/mol. The minimum atomic E-state index is -2.78. The Bertz CT molecular complexity index is 336. The SMILES string of the molecule is OCCCSCCNCc1ccc(OC(F)F)cc1. The zero-order valence-electron chi connectivity index (χ0n) is 10.6. The molecule has 0 atom stereocenters. The van der Waals surface area contributed by atoms with Gasteiger partial charge in [0.15, 0.2) is 0 Å². The van der Waals surface area contributed by atoms with Gasteiger partial charge in [-0.3, -0.25) is 0 Å². The minimum Gasteiger partial charge on any atom is -0.435 e. The van der Waals surface area contributed by atoms with Crippen molar-refractivity contribution in [3.8, 4) is 5.75 Å². The Morgan fingerprint density at radius 3 is 2.58 bits per heavy atom. The van der Waals surface area contributed by atoms with Crippen molar-refractivity contribution in [3.05, 3.63) is 29.8 Å². The topological polar surface area (TPSA) is 41.5 Å². The molecule has 3 nitrogen and oxygen atoms in total. The molecule has 0 aromatic heterocycles. The summed E-state index contributed by atoms with van der Waals surface area (Å²) in [6.07, 6.45) is 0.830. The van der Waals surface area contributed by atoms with Crippen molar-refractivity contribution < 1.29 is 18.6 Å². The van der Waals surface area contributed by atoms with E-state index in [4.69, 9.17) is 5.11 Å². The maximum Gasteiger partial charge on any atom is 0.387 e. The Morgan fingerprint density at radius 1 is 1.21 bits per heavy atom. The molecule has 0 fully saturated rings. The minimum absolute atomic E-state index is 0.179. The number of hydrogen-bond acceptors (Lipinski definition) is 4. The Labute approximate surface area is 116 Å². The molecule has 108 valence electrons. The van der Waals surface area contributed by atoms with Gasteiger partial charge < -0.3 is 15.2 Å². The van der Waals surface area contributed by atoms with Gasteiger partial charge in [0.1, 0.15) is 5.75 Å². The fourth-order valence-corrected chi connectivity index (χ4v) is 2.26. The van der Waals surface area contributed by atoms with Crippen LogP contribution in [0.2, 0.25) is 0 Å². The molecule has 0 amide bonds. The standard InChI is InChI=1S/C13H19F2NO2S/c14-13(15)18-12-4-2-11(3-5-12)10-16-6-9-19-8-1-7-17/h2-5,13,16-17H,1,6-10H2. The van der Waals surface area contributed by atoms with Crippen molar-refractivity contribution in [2.75, 3.05) is 24.7 Å². The number of benzene rings is 1. The lowest BCUT2D eigenvalue weighted by molar-refractivity contribution is -0.0498. The molecule has 1 rings (SSSR count). The first-order chi connectivity index (χ1) is 9.22. The lowest BCUT2D eigenvalue weighted by Gasteiger charge is -2.07. The van der Waals surface area contributed by atoms with Crippen molar-refractivity contribution in [3.63, 3.8) is 0 Å². The Hall–Kier alpha value is -0.850. The third-order valence-corrected chi connectivity index (χ3v) is 3.42. The second-order valence-electron chi connectivity index (χ2n) is 3.89. The maximum absolute atomic E-state index is 11.9. The Kier molecular flexibility index (Phi) is 8.53. The zero-order valence-corrected chi connectivity index (χ0v) is 11.5. The van der Waals surface area contributed by atoms with Crippen molar-refractivity contribution in [1.29, 1.82) is 0 Å². The van der Waals surface area contributed by atoms with Gasteiger partial charge in [-0.25, -0.2) is 0 Å². The molecule has 0 bridgehead atoms. The van der Waals surface area contributed by atoms with E-state index in [1.807, 2.05) is 0 Å². The van der Waals surface area contributed by atoms with E-state index in [1.54, 1.807) is 36.0 Å². The highest BCUT2D eigenvalue weighted by Crippen LogP contribution is 2.14. The van der Waals surface area contributed by atoms with Crippen molar-refractivity contribution in [2.24, 2.45) is 0 Å². The first-order valence-electron chi connectivity index (χ1n) is 6.15. The predicted molar refractivity (Wildman–Crippen MR) is 73.8 cm³/mol. The number of thioether (sulfide) groups is 1. The zero-order chi connectivity index (χ0) is 13.9. The summed E-state index contributed by atoms with van der Waals surface area (Å²) in [6, 6.07) is 6.62. The van der Waals surface area contributed by atoms with E-state index in [1.165, 1.54) is 0 Å². The molecule has 0 aliphatic heterocycles. The van der Waals surface area contributed by atoms with Crippen LogP contribution < -0.4 is 10.1 Å². The van der Waals surface area contributed by atoms with Crippen molar-refractivity contribution in [1.82, 2.24) is 5.32 Å². The number of aliphatic hydroxyl groups excluding tert-OH is 1. The van der Waals surface area contributed by atoms with E-state index in [-0.39, 0.29) is 12.4 Å². The highest BCUT2D eigenvalue weighted by Gasteiger charge is 2.03. The third kappa shape index (κ3) is 8.02. The number of nitrogens with one attached hydrogen (secondary N) is 1. The Morgan fingerprint density at radius 2 is 1.95 bits per heavy atom. The molecule has 1 aromatic carbocycles. The highest BCUT2D eigenvalue weighted by molar-refractivity contribution is 7.99. The average molecular weight is 291 g/mol. The van der Waals surface area contributed by atoms with Crippen LogP contribution in [0.25, 0.3) is 0 Å². The van der Waals surface area contributed by atoms with E-state index >= 15 is 0 Å². The van der Waals surface area contributed by atoms with E-state index in [0.29, 0.717) is 6.54 Å². The lowest BCUT2D eigenvalue weighted by atomic mass is 10.2. The fourth-order valence-electron chi connectivity index (χ4n) is 1.43. The van der Waals surface area contributed by atoms with Crippen LogP contribution in [0.15, 0.2) is 24.3 Å². The lowest BCUT2D eigenvalue weighted by Crippen LogP contribution is -2.16. The third-order valence-electron chi connectivity index (χ3n) is 2.35. The molecule has 0 saturated heterocycles. The monoisotopic (exact) mass is 291 g/mol. The molecule has 6 heteroatoms. The van der Waals surface area contributed by atoms with Crippen LogP contribution in [0.4, 0.5) is 8.78 Å². The van der Waals surface area contributed by atoms with E-state index in [9.17, 15) is 8.78 Å². The maximum atomic E-state index is 11.9. The van der Waals surface area contributed by atoms with E-state index in [0.717, 1.165) is 30.0 Å². The first-order valence-corrected chi connectivity index (χ1v) is 7.31. The smallest absolute Gasteiger partial charge is 0.387 e. The van der Waals surface area contributed by atoms with E-state index < -0.39 is 6.61 Å². The van der Waals surface area contributed by atoms with Crippen molar-refractivity contribution >= 4 is 11.8 Å². The van der Waals surface area contributed by atoms with Gasteiger partial charge in [-0.15, -0.1) is 0 Å². The molecule has 0 spiro atoms. The van der Waals surface area contributed by atoms with Gasteiger partial charge in [-0.1, -0.05) is 12.1 Å². The fraction of sp³-hybridized carbons (Fsp3) is 0.538. The number of ether oxygens (including phenoxy) is 1. The summed E-state index contributed by atoms with van der Waals surface area (Å²) in [7, 11) is 0. The van der Waals surface area contributed by atoms with Crippen molar-refractivity contribution in [2.45, 2.75) is 19.6 Å². The van der Waals surface area contributed by atoms with E-state index in [2.05, 4.69) is 10.1 Å². The summed E-state index contributed by atoms with van der Waals surface area (Å²) in [5, 5.41) is 11.9. The van der Waals surface area contributed by atoms with Gasteiger partial charge in [0.25, 0.3) is 0 Å². The molecule has 0 aliphatic rings. The normalized spacial score (nSPS) is 10.9. The van der Waals surface area contributed by atoms with Gasteiger partial charge in [-0.05, 0) is 29.9 Å². The van der Waals surface area contributed by atoms with Crippen LogP contribution >= 0.6 is 11.8 Å². The summed E-state index contributed by atoms with van der Waals surface area (Å²) in [5.41, 5.74) is 1.03. The molecule has 19 heavy (non-hydrogen) atoms. The average Bonchev–Trinajstić information content (AvgIpc) is 2.39. The number of hydrogen-bond donors (Lipinski definition) is 2. The van der Waals surface area contributed by atoms with Gasteiger partial charge >= 0.3 is 6.61 Å². The first kappa shape index (κ1) is 16.2. The Balaban J connectivity index is 2.12. The number of halogens is 2. The predicted octanol–water partition coefficient (Wildman–Crippen LogP) is 2.49. The molecule has 0 saturated carbocycles. The second-order valence-corrected chi connectivity index (χ2v) is 5.11. The second kappa shape index (κ2) is 10.00. The molecular formula is C13H19F2NO2S. The van der Waals surface area contributed by atoms with Crippen LogP contribution in [0.1, 0.15) is 12.0 Å². The number of rotatable bonds is 10. The van der Waals surface area contributed by atoms with Gasteiger partial charge in [0.05, 0.1) is 0 Å². The van der Waals surface area contributed by atoms with Crippen LogP contribution in [0, 0.1) is 0 Å². The highest BCUT2D eigenvalue weighted by atomic mass is 32.2. The molecule has 0 heterocycles. The largest absolute Gasteiger partial charge is 0.435 e. The van der Waals surface area contributed by atoms with Crippen LogP contribution in [0.5, 0.6) is 5.75 Å². The summed E-state index contributed by atoms with van der Waals surface area (Å²) in [6.45, 7) is -0.950. The summed E-state index contributed by atoms with van der Waals surface area (Å²) in [5.74, 6) is 2.14. The van der Waals surface area contributed by atoms with Gasteiger partial charge in [0, 0.05) is 25.4 Å². The van der Waals surface area contributed by atoms with Crippen LogP contribution in [-0.2, 0) is 6.54 Å². The number of alkyl halides is 2. The van der Waals surface area contributed by atoms with Crippen LogP contribution in [-0.4, -0.2) is 36.4 Å². The molecule has 2 N–H and O–H groups in total. The quantitative estimate of drug-likeness (QED) is 0.650.